The highest BCUT2D eigenvalue weighted by molar-refractivity contribution is 5.04. The summed E-state index contributed by atoms with van der Waals surface area (Å²) in [6, 6.07) is 2.06. The van der Waals surface area contributed by atoms with Gasteiger partial charge in [0.05, 0.1) is 5.69 Å². The molecule has 0 aliphatic heterocycles. The van der Waals surface area contributed by atoms with E-state index in [1.165, 1.54) is 6.42 Å². The molecule has 0 atom stereocenters. The highest BCUT2D eigenvalue weighted by Gasteiger charge is 1.91. The van der Waals surface area contributed by atoms with Gasteiger partial charge in [0, 0.05) is 19.7 Å². The van der Waals surface area contributed by atoms with Gasteiger partial charge in [0.15, 0.2) is 0 Å². The van der Waals surface area contributed by atoms with Crippen LogP contribution in [-0.2, 0) is 13.5 Å². The molecule has 0 bridgehead atoms. The number of nitrogens with one attached hydrogen (secondary N) is 1. The number of aromatic nitrogens is 2. The highest BCUT2D eigenvalue weighted by atomic mass is 15.2. The molecule has 1 rings (SSSR count). The van der Waals surface area contributed by atoms with Gasteiger partial charge >= 0.3 is 0 Å². The van der Waals surface area contributed by atoms with Crippen LogP contribution in [-0.4, -0.2) is 22.9 Å². The van der Waals surface area contributed by atoms with Crippen molar-refractivity contribution in [1.29, 1.82) is 0 Å². The SMILES string of the molecule is CCCNCC/C=C/Cc1ccn(C)n1. The van der Waals surface area contributed by atoms with Crippen LogP contribution in [0.3, 0.4) is 0 Å². The van der Waals surface area contributed by atoms with Crippen molar-refractivity contribution in [3.8, 4) is 0 Å². The Hall–Kier alpha value is -1.09. The van der Waals surface area contributed by atoms with Gasteiger partial charge in [-0.2, -0.15) is 5.10 Å². The van der Waals surface area contributed by atoms with Crippen molar-refractivity contribution in [2.45, 2.75) is 26.2 Å². The van der Waals surface area contributed by atoms with Gasteiger partial charge in [0.2, 0.25) is 0 Å². The Labute approximate surface area is 92.2 Å². The van der Waals surface area contributed by atoms with E-state index in [4.69, 9.17) is 0 Å². The Morgan fingerprint density at radius 1 is 1.40 bits per heavy atom. The molecule has 0 aliphatic carbocycles. The summed E-state index contributed by atoms with van der Waals surface area (Å²) < 4.78 is 1.84. The summed E-state index contributed by atoms with van der Waals surface area (Å²) in [4.78, 5) is 0. The van der Waals surface area contributed by atoms with Gasteiger partial charge in [0.25, 0.3) is 0 Å². The average molecular weight is 207 g/mol. The third kappa shape index (κ3) is 5.37. The van der Waals surface area contributed by atoms with E-state index in [2.05, 4.69) is 35.6 Å². The van der Waals surface area contributed by atoms with E-state index >= 15 is 0 Å². The number of aryl methyl sites for hydroxylation is 1. The lowest BCUT2D eigenvalue weighted by Crippen LogP contribution is -2.14. The fourth-order valence-electron chi connectivity index (χ4n) is 1.38. The van der Waals surface area contributed by atoms with Crippen LogP contribution in [0.2, 0.25) is 0 Å². The van der Waals surface area contributed by atoms with Crippen molar-refractivity contribution in [2.75, 3.05) is 13.1 Å². The number of rotatable bonds is 7. The van der Waals surface area contributed by atoms with Gasteiger partial charge in [-0.15, -0.1) is 0 Å². The minimum atomic E-state index is 0.939. The van der Waals surface area contributed by atoms with E-state index in [9.17, 15) is 0 Å². The second-order valence-electron chi connectivity index (χ2n) is 3.69. The predicted molar refractivity (Wildman–Crippen MR) is 63.8 cm³/mol. The molecular formula is C12H21N3. The fraction of sp³-hybridized carbons (Fsp3) is 0.583. The number of hydrogen-bond acceptors (Lipinski definition) is 2. The zero-order valence-electron chi connectivity index (χ0n) is 9.74. The summed E-state index contributed by atoms with van der Waals surface area (Å²) in [7, 11) is 1.95. The summed E-state index contributed by atoms with van der Waals surface area (Å²) in [6.45, 7) is 4.38. The Morgan fingerprint density at radius 3 is 2.93 bits per heavy atom. The quantitative estimate of drug-likeness (QED) is 0.547. The molecule has 0 unspecified atom stereocenters. The minimum absolute atomic E-state index is 0.939. The number of hydrogen-bond donors (Lipinski definition) is 1. The second kappa shape index (κ2) is 7.23. The lowest BCUT2D eigenvalue weighted by Gasteiger charge is -1.97. The second-order valence-corrected chi connectivity index (χ2v) is 3.69. The van der Waals surface area contributed by atoms with E-state index in [0.717, 1.165) is 31.6 Å². The first-order valence-electron chi connectivity index (χ1n) is 5.67. The maximum absolute atomic E-state index is 4.31. The van der Waals surface area contributed by atoms with E-state index in [1.807, 2.05) is 17.9 Å². The summed E-state index contributed by atoms with van der Waals surface area (Å²) >= 11 is 0. The first-order valence-corrected chi connectivity index (χ1v) is 5.67. The van der Waals surface area contributed by atoms with Crippen LogP contribution in [0.4, 0.5) is 0 Å². The van der Waals surface area contributed by atoms with Crippen molar-refractivity contribution in [3.63, 3.8) is 0 Å². The van der Waals surface area contributed by atoms with Crippen LogP contribution >= 0.6 is 0 Å². The monoisotopic (exact) mass is 207 g/mol. The third-order valence-corrected chi connectivity index (χ3v) is 2.18. The van der Waals surface area contributed by atoms with Gasteiger partial charge in [-0.25, -0.2) is 0 Å². The summed E-state index contributed by atoms with van der Waals surface area (Å²) in [5.74, 6) is 0. The molecule has 0 aromatic carbocycles. The van der Waals surface area contributed by atoms with Gasteiger partial charge in [-0.3, -0.25) is 4.68 Å². The highest BCUT2D eigenvalue weighted by Crippen LogP contribution is 1.96. The maximum Gasteiger partial charge on any atom is 0.0662 e. The molecule has 3 heteroatoms. The summed E-state index contributed by atoms with van der Waals surface area (Å²) in [6.07, 6.45) is 9.64. The molecule has 0 aliphatic rings. The van der Waals surface area contributed by atoms with Crippen LogP contribution in [0, 0.1) is 0 Å². The Kier molecular flexibility index (Phi) is 5.78. The number of allylic oxidation sites excluding steroid dienone is 1. The molecule has 84 valence electrons. The topological polar surface area (TPSA) is 29.9 Å². The molecule has 0 fully saturated rings. The van der Waals surface area contributed by atoms with Gasteiger partial charge in [0.1, 0.15) is 0 Å². The van der Waals surface area contributed by atoms with Crippen LogP contribution in [0.1, 0.15) is 25.5 Å². The van der Waals surface area contributed by atoms with Crippen LogP contribution in [0.5, 0.6) is 0 Å². The molecule has 0 radical (unpaired) electrons. The van der Waals surface area contributed by atoms with Gasteiger partial charge in [-0.05, 0) is 32.0 Å². The molecule has 1 aromatic rings. The molecule has 1 heterocycles. The first-order chi connectivity index (χ1) is 7.33. The van der Waals surface area contributed by atoms with Crippen molar-refractivity contribution in [3.05, 3.63) is 30.1 Å². The van der Waals surface area contributed by atoms with Gasteiger partial charge in [-0.1, -0.05) is 19.1 Å². The van der Waals surface area contributed by atoms with Crippen molar-refractivity contribution in [2.24, 2.45) is 7.05 Å². The number of nitrogens with zero attached hydrogens (tertiary/aromatic N) is 2. The van der Waals surface area contributed by atoms with Crippen LogP contribution < -0.4 is 5.32 Å². The molecular weight excluding hydrogens is 186 g/mol. The molecule has 3 nitrogen and oxygen atoms in total. The van der Waals surface area contributed by atoms with Crippen molar-refractivity contribution < 1.29 is 0 Å². The standard InChI is InChI=1S/C12H21N3/c1-3-9-13-10-6-4-5-7-12-8-11-15(2)14-12/h4-5,8,11,13H,3,6-7,9-10H2,1-2H3/b5-4+. The Balaban J connectivity index is 2.06. The molecule has 15 heavy (non-hydrogen) atoms. The third-order valence-electron chi connectivity index (χ3n) is 2.18. The lowest BCUT2D eigenvalue weighted by atomic mass is 10.2. The first kappa shape index (κ1) is 12.0. The molecule has 1 N–H and O–H groups in total. The zero-order chi connectivity index (χ0) is 10.9. The average Bonchev–Trinajstić information content (AvgIpc) is 2.63. The molecule has 0 amide bonds. The fourth-order valence-corrected chi connectivity index (χ4v) is 1.38. The Bertz CT molecular complexity index is 289. The molecule has 0 saturated carbocycles. The van der Waals surface area contributed by atoms with E-state index in [-0.39, 0.29) is 0 Å². The summed E-state index contributed by atoms with van der Waals surface area (Å²) in [5, 5.41) is 7.67. The van der Waals surface area contributed by atoms with E-state index < -0.39 is 0 Å². The van der Waals surface area contributed by atoms with Gasteiger partial charge < -0.3 is 5.32 Å². The largest absolute Gasteiger partial charge is 0.316 e. The molecule has 0 spiro atoms. The van der Waals surface area contributed by atoms with Crippen LogP contribution in [0.15, 0.2) is 24.4 Å². The normalized spacial score (nSPS) is 11.3. The minimum Gasteiger partial charge on any atom is -0.316 e. The molecule has 1 aromatic heterocycles. The smallest absolute Gasteiger partial charge is 0.0662 e. The summed E-state index contributed by atoms with van der Waals surface area (Å²) in [5.41, 5.74) is 1.13. The van der Waals surface area contributed by atoms with E-state index in [1.54, 1.807) is 0 Å². The van der Waals surface area contributed by atoms with Crippen LogP contribution in [0.25, 0.3) is 0 Å². The Morgan fingerprint density at radius 2 is 2.27 bits per heavy atom. The zero-order valence-corrected chi connectivity index (χ0v) is 9.74. The maximum atomic E-state index is 4.31. The van der Waals surface area contributed by atoms with E-state index in [0.29, 0.717) is 0 Å². The van der Waals surface area contributed by atoms with Crippen molar-refractivity contribution >= 4 is 0 Å². The lowest BCUT2D eigenvalue weighted by molar-refractivity contribution is 0.677. The molecule has 0 saturated heterocycles. The van der Waals surface area contributed by atoms with Crippen molar-refractivity contribution in [1.82, 2.24) is 15.1 Å². The predicted octanol–water partition coefficient (Wildman–Crippen LogP) is 1.91.